The summed E-state index contributed by atoms with van der Waals surface area (Å²) in [6, 6.07) is 10.2. The lowest BCUT2D eigenvalue weighted by atomic mass is 10.1. The third-order valence-electron chi connectivity index (χ3n) is 8.46. The number of thiophene rings is 1. The molecule has 4 heterocycles. The van der Waals surface area contributed by atoms with Gasteiger partial charge >= 0.3 is 0 Å². The van der Waals surface area contributed by atoms with Crippen LogP contribution in [0.15, 0.2) is 40.6 Å². The Labute approximate surface area is 252 Å². The van der Waals surface area contributed by atoms with Crippen LogP contribution in [0, 0.1) is 23.0 Å². The fourth-order valence-corrected chi connectivity index (χ4v) is 9.28. The number of fused-ring (bicyclic) bond motifs is 4. The van der Waals surface area contributed by atoms with Crippen molar-refractivity contribution in [3.8, 4) is 11.8 Å². The fraction of sp³-hybridized carbons (Fsp3) is 0.444. The van der Waals surface area contributed by atoms with Crippen molar-refractivity contribution < 1.29 is 45.3 Å². The number of anilines is 1. The zero-order chi connectivity index (χ0) is 30.9. The number of nitriles is 1. The molecule has 232 valence electrons. The monoisotopic (exact) mass is 655 g/mol. The van der Waals surface area contributed by atoms with E-state index in [1.54, 1.807) is 16.9 Å². The van der Waals surface area contributed by atoms with Crippen LogP contribution in [0.3, 0.4) is 0 Å². The van der Waals surface area contributed by atoms with Crippen molar-refractivity contribution in [2.45, 2.75) is 10.6 Å². The molecule has 0 unspecified atom stereocenters. The third-order valence-corrected chi connectivity index (χ3v) is 12.2. The van der Waals surface area contributed by atoms with Gasteiger partial charge in [0.2, 0.25) is 10.0 Å². The fourth-order valence-electron chi connectivity index (χ4n) is 5.83. The summed E-state index contributed by atoms with van der Waals surface area (Å²) in [7, 11) is -9.39. The van der Waals surface area contributed by atoms with Gasteiger partial charge in [-0.2, -0.15) is 5.26 Å². The number of sulfonamides is 1. The number of hydrogen-bond acceptors (Lipinski definition) is 9. The topological polar surface area (TPSA) is 154 Å². The Morgan fingerprint density at radius 1 is 1.00 bits per heavy atom. The molecule has 2 N–H and O–H groups in total. The maximum atomic E-state index is 14.8. The van der Waals surface area contributed by atoms with Crippen molar-refractivity contribution in [2.24, 2.45) is 0 Å². The lowest BCUT2D eigenvalue weighted by Gasteiger charge is -2.55. The molecule has 3 saturated heterocycles. The molecule has 3 aromatic rings. The van der Waals surface area contributed by atoms with E-state index in [2.05, 4.69) is 5.32 Å². The SMILES string of the molecule is N#Cc1ccc(NCCC[N+]23CC[N+](CCOc4cc(F)c5cc(S(=O)(=O)NCP(=O)([O-])[O-])sc5c4)(CC2)CC3)cc1F. The summed E-state index contributed by atoms with van der Waals surface area (Å²) in [6.45, 7) is 9.11. The molecule has 3 aliphatic rings. The molecule has 0 saturated carbocycles. The number of hydrogen-bond donors (Lipinski definition) is 2. The average Bonchev–Trinajstić information content (AvgIpc) is 3.41. The summed E-state index contributed by atoms with van der Waals surface area (Å²) in [6.07, 6.45) is -0.321. The lowest BCUT2D eigenvalue weighted by Crippen LogP contribution is -2.75. The maximum Gasteiger partial charge on any atom is 0.250 e. The Balaban J connectivity index is 1.10. The van der Waals surface area contributed by atoms with Crippen LogP contribution < -0.4 is 24.6 Å². The third kappa shape index (κ3) is 7.53. The van der Waals surface area contributed by atoms with Crippen molar-refractivity contribution >= 4 is 44.7 Å². The molecule has 16 heteroatoms. The van der Waals surface area contributed by atoms with Crippen molar-refractivity contribution in [2.75, 3.05) is 77.1 Å². The van der Waals surface area contributed by atoms with Gasteiger partial charge in [0.05, 0.1) is 12.1 Å². The van der Waals surface area contributed by atoms with Crippen LogP contribution in [-0.4, -0.2) is 89.2 Å². The molecule has 2 bridgehead atoms. The molecule has 3 aliphatic heterocycles. The molecule has 11 nitrogen and oxygen atoms in total. The van der Waals surface area contributed by atoms with E-state index in [0.29, 0.717) is 17.0 Å². The summed E-state index contributed by atoms with van der Waals surface area (Å²) in [4.78, 5) is 21.7. The van der Waals surface area contributed by atoms with E-state index >= 15 is 0 Å². The minimum atomic E-state index is -5.09. The second kappa shape index (κ2) is 12.4. The molecule has 6 rings (SSSR count). The Morgan fingerprint density at radius 3 is 2.30 bits per heavy atom. The van der Waals surface area contributed by atoms with Gasteiger partial charge in [-0.1, -0.05) is 7.60 Å². The zero-order valence-electron chi connectivity index (χ0n) is 23.3. The minimum absolute atomic E-state index is 0.0321. The highest BCUT2D eigenvalue weighted by atomic mass is 32.2. The van der Waals surface area contributed by atoms with Crippen molar-refractivity contribution in [1.29, 1.82) is 5.26 Å². The largest absolute Gasteiger partial charge is 0.810 e. The maximum absolute atomic E-state index is 14.8. The van der Waals surface area contributed by atoms with Gasteiger partial charge in [0.1, 0.15) is 80.1 Å². The standard InChI is InChI=1S/C27H32F2N5O6PS2/c28-24-14-21(3-2-20(24)18-30)31-4-1-5-33-6-9-34(10-7-33,11-8-33)12-13-40-22-15-25(29)23-17-27(42-26(23)16-22)43(38,39)32-19-41(35,36)37/h2-3,14-17,31-32H,1,4-13,19H2. The minimum Gasteiger partial charge on any atom is -0.810 e. The van der Waals surface area contributed by atoms with Gasteiger partial charge in [-0.25, -0.2) is 21.9 Å². The predicted octanol–water partition coefficient (Wildman–Crippen LogP) is 1.74. The van der Waals surface area contributed by atoms with E-state index in [1.165, 1.54) is 18.2 Å². The normalized spacial score (nSPS) is 22.0. The second-order valence-corrected chi connectivity index (χ2v) is 15.8. The van der Waals surface area contributed by atoms with E-state index in [1.807, 2.05) is 6.07 Å². The van der Waals surface area contributed by atoms with Gasteiger partial charge in [-0.15, -0.1) is 11.3 Å². The quantitative estimate of drug-likeness (QED) is 0.160. The van der Waals surface area contributed by atoms with Gasteiger partial charge in [0, 0.05) is 41.1 Å². The molecule has 0 aliphatic carbocycles. The van der Waals surface area contributed by atoms with Gasteiger partial charge in [0.15, 0.2) is 0 Å². The zero-order valence-corrected chi connectivity index (χ0v) is 25.8. The van der Waals surface area contributed by atoms with Crippen LogP contribution in [0.1, 0.15) is 12.0 Å². The summed E-state index contributed by atoms with van der Waals surface area (Å²) >= 11 is 0.760. The van der Waals surface area contributed by atoms with Crippen LogP contribution >= 0.6 is 18.9 Å². The number of benzene rings is 2. The number of rotatable bonds is 13. The number of nitrogens with zero attached hydrogens (tertiary/aromatic N) is 3. The Bertz CT molecular complexity index is 1680. The van der Waals surface area contributed by atoms with E-state index in [9.17, 15) is 31.6 Å². The van der Waals surface area contributed by atoms with Crippen molar-refractivity contribution in [1.82, 2.24) is 4.72 Å². The highest BCUT2D eigenvalue weighted by molar-refractivity contribution is 7.92. The molecular formula is C27H32F2N5O6PS2. The molecule has 0 spiro atoms. The number of piperazine rings is 3. The molecule has 0 radical (unpaired) electrons. The lowest BCUT2D eigenvalue weighted by molar-refractivity contribution is -1.08. The molecule has 0 amide bonds. The number of halogens is 2. The second-order valence-electron chi connectivity index (χ2n) is 11.2. The number of quaternary nitrogens is 2. The van der Waals surface area contributed by atoms with Gasteiger partial charge < -0.3 is 33.4 Å². The van der Waals surface area contributed by atoms with Gasteiger partial charge in [0.25, 0.3) is 0 Å². The molecule has 43 heavy (non-hydrogen) atoms. The average molecular weight is 656 g/mol. The molecule has 0 atom stereocenters. The number of nitrogens with one attached hydrogen (secondary N) is 2. The van der Waals surface area contributed by atoms with Crippen LogP contribution in [0.5, 0.6) is 5.75 Å². The van der Waals surface area contributed by atoms with Crippen LogP contribution in [0.2, 0.25) is 0 Å². The van der Waals surface area contributed by atoms with Crippen LogP contribution in [0.4, 0.5) is 14.5 Å². The first kappa shape index (κ1) is 31.7. The summed E-state index contributed by atoms with van der Waals surface area (Å²) < 4.78 is 73.9. The van der Waals surface area contributed by atoms with Crippen LogP contribution in [-0.2, 0) is 14.6 Å². The molecular weight excluding hydrogens is 623 g/mol. The van der Waals surface area contributed by atoms with E-state index in [-0.39, 0.29) is 20.9 Å². The Morgan fingerprint density at radius 2 is 1.67 bits per heavy atom. The highest BCUT2D eigenvalue weighted by Gasteiger charge is 2.48. The van der Waals surface area contributed by atoms with E-state index < -0.39 is 35.5 Å². The molecule has 2 aromatic carbocycles. The highest BCUT2D eigenvalue weighted by Crippen LogP contribution is 2.35. The summed E-state index contributed by atoms with van der Waals surface area (Å²) in [5.74, 6) is -0.907. The molecule has 3 fully saturated rings. The first-order valence-electron chi connectivity index (χ1n) is 13.8. The first-order valence-corrected chi connectivity index (χ1v) is 17.8. The smallest absolute Gasteiger partial charge is 0.250 e. The first-order chi connectivity index (χ1) is 20.3. The van der Waals surface area contributed by atoms with Crippen molar-refractivity contribution in [3.63, 3.8) is 0 Å². The van der Waals surface area contributed by atoms with E-state index in [0.717, 1.165) is 91.7 Å². The molecule has 1 aromatic heterocycles. The van der Waals surface area contributed by atoms with Crippen molar-refractivity contribution in [3.05, 3.63) is 53.6 Å². The Kier molecular flexibility index (Phi) is 9.14. The van der Waals surface area contributed by atoms with E-state index in [4.69, 9.17) is 10.00 Å². The summed E-state index contributed by atoms with van der Waals surface area (Å²) in [5.41, 5.74) is 0.698. The number of ether oxygens (including phenoxy) is 1. The van der Waals surface area contributed by atoms with Crippen LogP contribution in [0.25, 0.3) is 10.1 Å². The summed E-state index contributed by atoms with van der Waals surface area (Å²) in [5, 5.41) is 12.2. The Hall–Kier alpha value is -2.67. The van der Waals surface area contributed by atoms with Gasteiger partial charge in [-0.05, 0) is 30.3 Å². The van der Waals surface area contributed by atoms with Gasteiger partial charge in [-0.3, -0.25) is 0 Å². The predicted molar refractivity (Wildman–Crippen MR) is 154 cm³/mol.